The summed E-state index contributed by atoms with van der Waals surface area (Å²) in [7, 11) is 0.769. The van der Waals surface area contributed by atoms with E-state index in [1.165, 1.54) is 0 Å². The van der Waals surface area contributed by atoms with Gasteiger partial charge in [-0.25, -0.2) is 17.6 Å². The van der Waals surface area contributed by atoms with Crippen LogP contribution in [0.1, 0.15) is 11.1 Å². The van der Waals surface area contributed by atoms with Crippen molar-refractivity contribution in [2.24, 2.45) is 0 Å². The van der Waals surface area contributed by atoms with Crippen LogP contribution < -0.4 is 0 Å². The Kier molecular flexibility index (Phi) is 4.10. The number of hydrogen-bond acceptors (Lipinski definition) is 2. The highest BCUT2D eigenvalue weighted by atomic mass is 33.1. The van der Waals surface area contributed by atoms with Gasteiger partial charge in [-0.2, -0.15) is 0 Å². The lowest BCUT2D eigenvalue weighted by atomic mass is 10.1. The van der Waals surface area contributed by atoms with Crippen molar-refractivity contribution in [1.29, 1.82) is 0 Å². The first kappa shape index (κ1) is 12.4. The Bertz CT molecular complexity index is 375. The van der Waals surface area contributed by atoms with Crippen LogP contribution in [-0.4, -0.2) is 0 Å². The smallest absolute Gasteiger partial charge is 0.169 e. The van der Waals surface area contributed by atoms with E-state index >= 15 is 0 Å². The molecule has 0 unspecified atom stereocenters. The van der Waals surface area contributed by atoms with Crippen LogP contribution in [0.2, 0.25) is 0 Å². The molecule has 0 aliphatic heterocycles. The lowest BCUT2D eigenvalue weighted by molar-refractivity contribution is 0.441. The second-order valence-corrected chi connectivity index (χ2v) is 3.95. The van der Waals surface area contributed by atoms with Gasteiger partial charge in [0.1, 0.15) is 0 Å². The quantitative estimate of drug-likeness (QED) is 0.368. The number of benzene rings is 1. The molecule has 0 aromatic heterocycles. The van der Waals surface area contributed by atoms with Crippen LogP contribution in [0.15, 0.2) is 6.58 Å². The summed E-state index contributed by atoms with van der Waals surface area (Å²) in [6, 6.07) is 0. The van der Waals surface area contributed by atoms with Crippen molar-refractivity contribution in [2.75, 3.05) is 0 Å². The average Bonchev–Trinajstić information content (AvgIpc) is 2.23. The summed E-state index contributed by atoms with van der Waals surface area (Å²) in [6.07, 6.45) is 0.731. The van der Waals surface area contributed by atoms with E-state index in [1.807, 2.05) is 0 Å². The molecule has 0 radical (unpaired) electrons. The highest BCUT2D eigenvalue weighted by Gasteiger charge is 2.23. The molecule has 1 aromatic rings. The third-order valence-electron chi connectivity index (χ3n) is 1.80. The molecule has 1 rings (SSSR count). The molecule has 15 heavy (non-hydrogen) atoms. The molecule has 0 N–H and O–H groups in total. The SMILES string of the molecule is C=Cc1c(F)c(F)c(CSS)c(F)c1F. The first-order valence-corrected chi connectivity index (χ1v) is 5.82. The summed E-state index contributed by atoms with van der Waals surface area (Å²) < 4.78 is 52.7. The molecular weight excluding hydrogens is 248 g/mol. The van der Waals surface area contributed by atoms with Gasteiger partial charge in [0.15, 0.2) is 23.3 Å². The Balaban J connectivity index is 3.51. The number of rotatable bonds is 3. The van der Waals surface area contributed by atoms with Gasteiger partial charge in [0.05, 0.1) is 5.56 Å². The van der Waals surface area contributed by atoms with Crippen molar-refractivity contribution in [3.05, 3.63) is 41.0 Å². The minimum absolute atomic E-state index is 0.258. The Hall–Kier alpha value is -0.620. The topological polar surface area (TPSA) is 0 Å². The zero-order valence-electron chi connectivity index (χ0n) is 7.36. The van der Waals surface area contributed by atoms with E-state index in [2.05, 4.69) is 18.2 Å². The molecule has 0 saturated carbocycles. The largest absolute Gasteiger partial charge is 0.203 e. The van der Waals surface area contributed by atoms with E-state index in [0.29, 0.717) is 0 Å². The van der Waals surface area contributed by atoms with Crippen molar-refractivity contribution < 1.29 is 17.6 Å². The highest BCUT2D eigenvalue weighted by Crippen LogP contribution is 2.28. The van der Waals surface area contributed by atoms with Crippen LogP contribution in [-0.2, 0) is 5.75 Å². The Morgan fingerprint density at radius 2 is 1.53 bits per heavy atom. The molecule has 0 aliphatic carbocycles. The summed E-state index contributed by atoms with van der Waals surface area (Å²) >= 11 is 3.66. The van der Waals surface area contributed by atoms with E-state index in [1.54, 1.807) is 0 Å². The fraction of sp³-hybridized carbons (Fsp3) is 0.111. The third kappa shape index (κ3) is 2.15. The van der Waals surface area contributed by atoms with Crippen LogP contribution in [0, 0.1) is 23.3 Å². The minimum atomic E-state index is -1.43. The van der Waals surface area contributed by atoms with Crippen molar-refractivity contribution in [1.82, 2.24) is 0 Å². The van der Waals surface area contributed by atoms with E-state index in [9.17, 15) is 17.6 Å². The average molecular weight is 254 g/mol. The van der Waals surface area contributed by atoms with Gasteiger partial charge in [-0.1, -0.05) is 23.4 Å². The molecule has 0 bridgehead atoms. The summed E-state index contributed by atoms with van der Waals surface area (Å²) in [5.41, 5.74) is -1.45. The molecule has 0 amide bonds. The van der Waals surface area contributed by atoms with Crippen molar-refractivity contribution >= 4 is 28.5 Å². The molecule has 1 aromatic carbocycles. The van der Waals surface area contributed by atoms with E-state index in [0.717, 1.165) is 16.9 Å². The molecule has 0 fully saturated rings. The second kappa shape index (κ2) is 4.94. The molecule has 6 heteroatoms. The van der Waals surface area contributed by atoms with Crippen LogP contribution in [0.5, 0.6) is 0 Å². The molecule has 0 aliphatic rings. The highest BCUT2D eigenvalue weighted by molar-refractivity contribution is 8.68. The predicted octanol–water partition coefficient (Wildman–Crippen LogP) is 3.96. The van der Waals surface area contributed by atoms with Crippen molar-refractivity contribution in [2.45, 2.75) is 5.75 Å². The summed E-state index contributed by atoms with van der Waals surface area (Å²) in [6.45, 7) is 3.08. The van der Waals surface area contributed by atoms with E-state index < -0.39 is 34.4 Å². The van der Waals surface area contributed by atoms with Crippen LogP contribution in [0.3, 0.4) is 0 Å². The standard InChI is InChI=1S/C9H6F4S2/c1-2-4-6(10)8(12)5(3-15-14)9(13)7(4)11/h2,14H,1,3H2. The van der Waals surface area contributed by atoms with E-state index in [-0.39, 0.29) is 5.75 Å². The lowest BCUT2D eigenvalue weighted by Gasteiger charge is -2.08. The maximum absolute atomic E-state index is 13.2. The first-order valence-electron chi connectivity index (χ1n) is 3.78. The fourth-order valence-electron chi connectivity index (χ4n) is 1.06. The minimum Gasteiger partial charge on any atom is -0.203 e. The zero-order valence-corrected chi connectivity index (χ0v) is 9.07. The maximum Gasteiger partial charge on any atom is 0.169 e. The molecule has 0 heterocycles. The van der Waals surface area contributed by atoms with Gasteiger partial charge >= 0.3 is 0 Å². The third-order valence-corrected chi connectivity index (χ3v) is 2.61. The number of halogens is 4. The second-order valence-electron chi connectivity index (χ2n) is 2.63. The van der Waals surface area contributed by atoms with Crippen molar-refractivity contribution in [3.63, 3.8) is 0 Å². The van der Waals surface area contributed by atoms with Gasteiger partial charge in [0.25, 0.3) is 0 Å². The molecule has 0 atom stereocenters. The van der Waals surface area contributed by atoms with Crippen molar-refractivity contribution in [3.8, 4) is 0 Å². The zero-order chi connectivity index (χ0) is 11.6. The maximum atomic E-state index is 13.2. The molecule has 82 valence electrons. The summed E-state index contributed by atoms with van der Waals surface area (Å²) in [4.78, 5) is 0. The molecular formula is C9H6F4S2. The Morgan fingerprint density at radius 3 is 1.87 bits per heavy atom. The normalized spacial score (nSPS) is 10.5. The van der Waals surface area contributed by atoms with Gasteiger partial charge in [-0.15, -0.1) is 11.7 Å². The predicted molar refractivity (Wildman–Crippen MR) is 56.6 cm³/mol. The van der Waals surface area contributed by atoms with Crippen LogP contribution in [0.25, 0.3) is 6.08 Å². The Morgan fingerprint density at radius 1 is 1.07 bits per heavy atom. The van der Waals surface area contributed by atoms with Gasteiger partial charge < -0.3 is 0 Å². The van der Waals surface area contributed by atoms with E-state index in [4.69, 9.17) is 0 Å². The van der Waals surface area contributed by atoms with Gasteiger partial charge in [0, 0.05) is 11.3 Å². The van der Waals surface area contributed by atoms with Gasteiger partial charge in [-0.05, 0) is 0 Å². The van der Waals surface area contributed by atoms with Crippen LogP contribution in [0.4, 0.5) is 17.6 Å². The molecule has 0 nitrogen and oxygen atoms in total. The summed E-state index contributed by atoms with van der Waals surface area (Å²) in [5.74, 6) is -5.91. The number of hydrogen-bond donors (Lipinski definition) is 1. The Labute approximate surface area is 93.2 Å². The lowest BCUT2D eigenvalue weighted by Crippen LogP contribution is -2.05. The first-order chi connectivity index (χ1) is 7.04. The molecule has 0 spiro atoms. The molecule has 0 saturated heterocycles. The summed E-state index contributed by atoms with van der Waals surface area (Å²) in [5, 5.41) is 0. The van der Waals surface area contributed by atoms with Gasteiger partial charge in [0.2, 0.25) is 0 Å². The number of thiol groups is 1. The fourth-order valence-corrected chi connectivity index (χ4v) is 1.83. The van der Waals surface area contributed by atoms with Gasteiger partial charge in [-0.3, -0.25) is 0 Å². The van der Waals surface area contributed by atoms with Crippen LogP contribution >= 0.6 is 22.5 Å². The monoisotopic (exact) mass is 254 g/mol.